The highest BCUT2D eigenvalue weighted by Gasteiger charge is 2.27. The van der Waals surface area contributed by atoms with Crippen LogP contribution in [0.15, 0.2) is 4.52 Å². The molecule has 0 unspecified atom stereocenters. The lowest BCUT2D eigenvalue weighted by molar-refractivity contribution is -0.134. The predicted molar refractivity (Wildman–Crippen MR) is 73.1 cm³/mol. The zero-order valence-electron chi connectivity index (χ0n) is 12.2. The molecule has 1 aliphatic heterocycles. The third kappa shape index (κ3) is 3.00. The first-order valence-corrected chi connectivity index (χ1v) is 6.94. The third-order valence-corrected chi connectivity index (χ3v) is 3.97. The van der Waals surface area contributed by atoms with E-state index in [0.717, 1.165) is 24.1 Å². The lowest BCUT2D eigenvalue weighted by Gasteiger charge is -2.31. The van der Waals surface area contributed by atoms with Crippen molar-refractivity contribution in [3.63, 3.8) is 0 Å². The quantitative estimate of drug-likeness (QED) is 0.888. The van der Waals surface area contributed by atoms with Gasteiger partial charge in [-0.2, -0.15) is 0 Å². The van der Waals surface area contributed by atoms with E-state index in [2.05, 4.69) is 10.5 Å². The van der Waals surface area contributed by atoms with Crippen LogP contribution in [0.1, 0.15) is 29.9 Å². The van der Waals surface area contributed by atoms with Crippen molar-refractivity contribution in [1.29, 1.82) is 0 Å². The smallest absolute Gasteiger partial charge is 0.227 e. The second-order valence-corrected chi connectivity index (χ2v) is 5.25. The van der Waals surface area contributed by atoms with Gasteiger partial charge in [0.05, 0.1) is 12.1 Å². The van der Waals surface area contributed by atoms with Crippen LogP contribution in [0.4, 0.5) is 0 Å². The highest BCUT2D eigenvalue weighted by atomic mass is 16.5. The highest BCUT2D eigenvalue weighted by molar-refractivity contribution is 5.81. The molecule has 1 saturated heterocycles. The van der Waals surface area contributed by atoms with Crippen LogP contribution in [0.2, 0.25) is 0 Å². The van der Waals surface area contributed by atoms with Crippen molar-refractivity contribution in [1.82, 2.24) is 15.4 Å². The summed E-state index contributed by atoms with van der Waals surface area (Å²) in [6, 6.07) is 0. The number of amides is 2. The lowest BCUT2D eigenvalue weighted by Crippen LogP contribution is -2.43. The summed E-state index contributed by atoms with van der Waals surface area (Å²) >= 11 is 0. The molecular formula is C14H21N3O3. The summed E-state index contributed by atoms with van der Waals surface area (Å²) in [5.41, 5.74) is 1.65. The van der Waals surface area contributed by atoms with Gasteiger partial charge in [0.25, 0.3) is 0 Å². The number of aryl methyl sites for hydroxylation is 2. The minimum atomic E-state index is 0.0307. The summed E-state index contributed by atoms with van der Waals surface area (Å²) in [7, 11) is 1.65. The zero-order valence-corrected chi connectivity index (χ0v) is 12.2. The number of likely N-dealkylation sites (tertiary alicyclic amines) is 1. The van der Waals surface area contributed by atoms with Gasteiger partial charge in [-0.05, 0) is 26.7 Å². The van der Waals surface area contributed by atoms with Gasteiger partial charge in [0, 0.05) is 31.6 Å². The summed E-state index contributed by atoms with van der Waals surface area (Å²) in [5, 5.41) is 6.53. The lowest BCUT2D eigenvalue weighted by atomic mass is 9.95. The Morgan fingerprint density at radius 2 is 2.00 bits per heavy atom. The van der Waals surface area contributed by atoms with Crippen molar-refractivity contribution < 1.29 is 14.1 Å². The van der Waals surface area contributed by atoms with Crippen molar-refractivity contribution in [2.45, 2.75) is 33.1 Å². The highest BCUT2D eigenvalue weighted by Crippen LogP contribution is 2.19. The van der Waals surface area contributed by atoms with Gasteiger partial charge in [-0.15, -0.1) is 0 Å². The van der Waals surface area contributed by atoms with Gasteiger partial charge >= 0.3 is 0 Å². The molecule has 1 N–H and O–H groups in total. The molecule has 2 heterocycles. The molecule has 6 heteroatoms. The monoisotopic (exact) mass is 279 g/mol. The first-order valence-electron chi connectivity index (χ1n) is 6.94. The molecule has 1 fully saturated rings. The molecular weight excluding hydrogens is 258 g/mol. The number of aromatic nitrogens is 1. The van der Waals surface area contributed by atoms with Crippen LogP contribution in [0.3, 0.4) is 0 Å². The Morgan fingerprint density at radius 3 is 2.50 bits per heavy atom. The summed E-state index contributed by atoms with van der Waals surface area (Å²) in [6.45, 7) is 4.94. The number of carbonyl (C=O) groups excluding carboxylic acids is 2. The van der Waals surface area contributed by atoms with E-state index in [0.29, 0.717) is 25.3 Å². The molecule has 1 aliphatic rings. The Kier molecular flexibility index (Phi) is 4.42. The number of nitrogens with zero attached hydrogens (tertiary/aromatic N) is 2. The Balaban J connectivity index is 1.91. The molecule has 2 rings (SSSR count). The van der Waals surface area contributed by atoms with Crippen molar-refractivity contribution in [2.75, 3.05) is 20.1 Å². The number of rotatable bonds is 3. The Labute approximate surface area is 118 Å². The van der Waals surface area contributed by atoms with Crippen LogP contribution in [-0.2, 0) is 16.0 Å². The molecule has 1 aromatic heterocycles. The van der Waals surface area contributed by atoms with Crippen LogP contribution in [0.25, 0.3) is 0 Å². The van der Waals surface area contributed by atoms with Crippen molar-refractivity contribution in [3.05, 3.63) is 17.0 Å². The topological polar surface area (TPSA) is 75.4 Å². The van der Waals surface area contributed by atoms with E-state index in [4.69, 9.17) is 4.52 Å². The molecule has 0 atom stereocenters. The van der Waals surface area contributed by atoms with Gasteiger partial charge in [-0.1, -0.05) is 5.16 Å². The summed E-state index contributed by atoms with van der Waals surface area (Å²) in [6.07, 6.45) is 1.78. The SMILES string of the molecule is CNC(=O)C1CCN(C(=O)Cc2c(C)noc2C)CC1. The molecule has 1 aromatic rings. The summed E-state index contributed by atoms with van der Waals surface area (Å²) < 4.78 is 5.07. The molecule has 0 aromatic carbocycles. The van der Waals surface area contributed by atoms with E-state index in [1.807, 2.05) is 18.7 Å². The second kappa shape index (κ2) is 6.07. The van der Waals surface area contributed by atoms with Gasteiger partial charge in [-0.25, -0.2) is 0 Å². The number of carbonyl (C=O) groups is 2. The number of hydrogen-bond acceptors (Lipinski definition) is 4. The van der Waals surface area contributed by atoms with E-state index < -0.39 is 0 Å². The average Bonchev–Trinajstić information content (AvgIpc) is 2.78. The van der Waals surface area contributed by atoms with Crippen LogP contribution in [-0.4, -0.2) is 42.0 Å². The van der Waals surface area contributed by atoms with E-state index in [1.165, 1.54) is 0 Å². The molecule has 0 bridgehead atoms. The zero-order chi connectivity index (χ0) is 14.7. The molecule has 110 valence electrons. The summed E-state index contributed by atoms with van der Waals surface area (Å²) in [4.78, 5) is 25.7. The average molecular weight is 279 g/mol. The van der Waals surface area contributed by atoms with Crippen LogP contribution < -0.4 is 5.32 Å². The molecule has 6 nitrogen and oxygen atoms in total. The molecule has 0 saturated carbocycles. The van der Waals surface area contributed by atoms with Crippen molar-refractivity contribution in [3.8, 4) is 0 Å². The Bertz CT molecular complexity index is 482. The predicted octanol–water partition coefficient (Wildman–Crippen LogP) is 0.819. The molecule has 0 radical (unpaired) electrons. The van der Waals surface area contributed by atoms with E-state index in [1.54, 1.807) is 7.05 Å². The molecule has 0 aliphatic carbocycles. The maximum Gasteiger partial charge on any atom is 0.227 e. The fourth-order valence-corrected chi connectivity index (χ4v) is 2.61. The van der Waals surface area contributed by atoms with Gasteiger partial charge in [0.1, 0.15) is 5.76 Å². The van der Waals surface area contributed by atoms with Crippen LogP contribution >= 0.6 is 0 Å². The number of hydrogen-bond donors (Lipinski definition) is 1. The number of nitrogens with one attached hydrogen (secondary N) is 1. The summed E-state index contributed by atoms with van der Waals surface area (Å²) in [5.74, 6) is 0.886. The van der Waals surface area contributed by atoms with Crippen molar-refractivity contribution in [2.24, 2.45) is 5.92 Å². The van der Waals surface area contributed by atoms with Gasteiger partial charge < -0.3 is 14.7 Å². The second-order valence-electron chi connectivity index (χ2n) is 5.25. The van der Waals surface area contributed by atoms with E-state index in [-0.39, 0.29) is 17.7 Å². The van der Waals surface area contributed by atoms with Crippen LogP contribution in [0.5, 0.6) is 0 Å². The van der Waals surface area contributed by atoms with Crippen LogP contribution in [0, 0.1) is 19.8 Å². The Morgan fingerprint density at radius 1 is 1.35 bits per heavy atom. The number of piperidine rings is 1. The normalized spacial score (nSPS) is 16.2. The first kappa shape index (κ1) is 14.6. The van der Waals surface area contributed by atoms with Gasteiger partial charge in [0.15, 0.2) is 0 Å². The van der Waals surface area contributed by atoms with E-state index >= 15 is 0 Å². The molecule has 0 spiro atoms. The van der Waals surface area contributed by atoms with Gasteiger partial charge in [-0.3, -0.25) is 9.59 Å². The minimum absolute atomic E-state index is 0.0307. The maximum atomic E-state index is 12.3. The van der Waals surface area contributed by atoms with E-state index in [9.17, 15) is 9.59 Å². The van der Waals surface area contributed by atoms with Crippen molar-refractivity contribution >= 4 is 11.8 Å². The fourth-order valence-electron chi connectivity index (χ4n) is 2.61. The fraction of sp³-hybridized carbons (Fsp3) is 0.643. The minimum Gasteiger partial charge on any atom is -0.361 e. The Hall–Kier alpha value is -1.85. The molecule has 2 amide bonds. The van der Waals surface area contributed by atoms with Gasteiger partial charge in [0.2, 0.25) is 11.8 Å². The standard InChI is InChI=1S/C14H21N3O3/c1-9-12(10(2)20-16-9)8-13(18)17-6-4-11(5-7-17)14(19)15-3/h11H,4-8H2,1-3H3,(H,15,19). The third-order valence-electron chi connectivity index (χ3n) is 3.97. The largest absolute Gasteiger partial charge is 0.361 e. The maximum absolute atomic E-state index is 12.3. The first-order chi connectivity index (χ1) is 9.52. The molecule has 20 heavy (non-hydrogen) atoms.